The van der Waals surface area contributed by atoms with Crippen LogP contribution < -0.4 is 9.62 Å². The molecule has 208 valence electrons. The van der Waals surface area contributed by atoms with Crippen LogP contribution in [0.3, 0.4) is 0 Å². The first-order valence-corrected chi connectivity index (χ1v) is 14.4. The molecule has 2 amide bonds. The average molecular weight is 574 g/mol. The topological polar surface area (TPSA) is 86.8 Å². The summed E-state index contributed by atoms with van der Waals surface area (Å²) < 4.78 is 66.0. The maximum atomic E-state index is 13.6. The van der Waals surface area contributed by atoms with E-state index in [1.54, 1.807) is 19.1 Å². The number of carbonyl (C=O) groups is 2. The van der Waals surface area contributed by atoms with Gasteiger partial charge in [0.2, 0.25) is 21.8 Å². The second-order valence-corrected chi connectivity index (χ2v) is 11.9. The van der Waals surface area contributed by atoms with Gasteiger partial charge in [0.05, 0.1) is 22.5 Å². The fraction of sp³-hybridized carbons (Fsp3) is 0.462. The summed E-state index contributed by atoms with van der Waals surface area (Å²) in [6.07, 6.45) is -0.326. The number of benzene rings is 2. The number of rotatable bonds is 9. The van der Waals surface area contributed by atoms with Crippen LogP contribution in [-0.4, -0.2) is 50.0 Å². The monoisotopic (exact) mass is 573 g/mol. The quantitative estimate of drug-likeness (QED) is 0.462. The molecular formula is C26H31ClF3N3O4S. The predicted molar refractivity (Wildman–Crippen MR) is 140 cm³/mol. The van der Waals surface area contributed by atoms with Crippen LogP contribution in [0, 0.1) is 6.92 Å². The van der Waals surface area contributed by atoms with Crippen LogP contribution >= 0.6 is 11.6 Å². The van der Waals surface area contributed by atoms with Crippen LogP contribution in [0.4, 0.5) is 18.9 Å². The van der Waals surface area contributed by atoms with Crippen molar-refractivity contribution in [1.29, 1.82) is 0 Å². The molecule has 1 N–H and O–H groups in total. The molecule has 1 aliphatic carbocycles. The van der Waals surface area contributed by atoms with Gasteiger partial charge in [-0.05, 0) is 56.0 Å². The molecule has 1 fully saturated rings. The lowest BCUT2D eigenvalue weighted by molar-refractivity contribution is -0.139. The lowest BCUT2D eigenvalue weighted by Gasteiger charge is -2.32. The number of sulfonamides is 1. The Morgan fingerprint density at radius 3 is 2.34 bits per heavy atom. The van der Waals surface area contributed by atoms with Gasteiger partial charge in [0.1, 0.15) is 12.6 Å². The fourth-order valence-corrected chi connectivity index (χ4v) is 5.54. The van der Waals surface area contributed by atoms with Gasteiger partial charge in [0, 0.05) is 12.6 Å². The summed E-state index contributed by atoms with van der Waals surface area (Å²) in [6.45, 7) is 2.54. The molecular weight excluding hydrogens is 543 g/mol. The number of hydrogen-bond donors (Lipinski definition) is 1. The Balaban J connectivity index is 1.97. The molecule has 0 radical (unpaired) electrons. The van der Waals surface area contributed by atoms with Crippen molar-refractivity contribution >= 4 is 39.1 Å². The summed E-state index contributed by atoms with van der Waals surface area (Å²) in [5.41, 5.74) is 0.00860. The van der Waals surface area contributed by atoms with E-state index < -0.39 is 45.9 Å². The number of aryl methyl sites for hydroxylation is 1. The number of nitrogens with zero attached hydrogens (tertiary/aromatic N) is 2. The third-order valence-corrected chi connectivity index (χ3v) is 8.14. The Morgan fingerprint density at radius 1 is 1.13 bits per heavy atom. The second kappa shape index (κ2) is 11.9. The zero-order valence-electron chi connectivity index (χ0n) is 21.4. The molecule has 2 aromatic rings. The summed E-state index contributed by atoms with van der Waals surface area (Å²) >= 11 is 6.11. The van der Waals surface area contributed by atoms with Gasteiger partial charge in [-0.15, -0.1) is 0 Å². The molecule has 0 spiro atoms. The standard InChI is InChI=1S/C26H31ClF3N3O4S/c1-17-8-4-5-9-19(17)15-32(18(2)25(35)31-21-10-6-7-11-21)24(34)16-33(38(3,36)37)23-14-20(26(28,29)30)12-13-22(23)27/h4-5,8-9,12-14,18,21H,6-7,10-11,15-16H2,1-3H3,(H,31,35). The van der Waals surface area contributed by atoms with Crippen LogP contribution in [0.15, 0.2) is 42.5 Å². The van der Waals surface area contributed by atoms with Crippen molar-refractivity contribution in [2.45, 2.75) is 64.3 Å². The minimum atomic E-state index is -4.75. The van der Waals surface area contributed by atoms with Crippen molar-refractivity contribution in [2.75, 3.05) is 17.1 Å². The van der Waals surface area contributed by atoms with Crippen molar-refractivity contribution in [3.63, 3.8) is 0 Å². The zero-order valence-corrected chi connectivity index (χ0v) is 23.0. The Labute approximate surface area is 226 Å². The summed E-state index contributed by atoms with van der Waals surface area (Å²) in [5.74, 6) is -1.15. The Morgan fingerprint density at radius 2 is 1.76 bits per heavy atom. The predicted octanol–water partition coefficient (Wildman–Crippen LogP) is 4.91. The lowest BCUT2D eigenvalue weighted by atomic mass is 10.1. The molecule has 1 saturated carbocycles. The number of hydrogen-bond acceptors (Lipinski definition) is 4. The highest BCUT2D eigenvalue weighted by Gasteiger charge is 2.35. The first-order chi connectivity index (χ1) is 17.7. The molecule has 1 aliphatic rings. The van der Waals surface area contributed by atoms with Crippen LogP contribution in [0.5, 0.6) is 0 Å². The Bertz CT molecular complexity index is 1280. The van der Waals surface area contributed by atoms with Gasteiger partial charge in [0.15, 0.2) is 0 Å². The van der Waals surface area contributed by atoms with Gasteiger partial charge in [-0.3, -0.25) is 13.9 Å². The third-order valence-electron chi connectivity index (χ3n) is 6.69. The van der Waals surface area contributed by atoms with Crippen LogP contribution in [0.1, 0.15) is 49.3 Å². The van der Waals surface area contributed by atoms with E-state index in [4.69, 9.17) is 11.6 Å². The summed E-state index contributed by atoms with van der Waals surface area (Å²) in [6, 6.07) is 8.51. The Hall–Kier alpha value is -2.79. The lowest BCUT2D eigenvalue weighted by Crippen LogP contribution is -2.52. The maximum Gasteiger partial charge on any atom is 0.416 e. The molecule has 0 aliphatic heterocycles. The minimum absolute atomic E-state index is 0.00130. The molecule has 0 heterocycles. The molecule has 3 rings (SSSR count). The van der Waals surface area contributed by atoms with Gasteiger partial charge in [-0.1, -0.05) is 48.7 Å². The van der Waals surface area contributed by atoms with E-state index in [9.17, 15) is 31.2 Å². The van der Waals surface area contributed by atoms with Crippen molar-refractivity contribution in [2.24, 2.45) is 0 Å². The summed E-state index contributed by atoms with van der Waals surface area (Å²) in [4.78, 5) is 28.0. The summed E-state index contributed by atoms with van der Waals surface area (Å²) in [7, 11) is -4.24. The number of anilines is 1. The third kappa shape index (κ3) is 7.41. The van der Waals surface area contributed by atoms with Gasteiger partial charge in [-0.2, -0.15) is 13.2 Å². The molecule has 1 unspecified atom stereocenters. The number of alkyl halides is 3. The highest BCUT2D eigenvalue weighted by atomic mass is 35.5. The van der Waals surface area contributed by atoms with Gasteiger partial charge < -0.3 is 10.2 Å². The SMILES string of the molecule is Cc1ccccc1CN(C(=O)CN(c1cc(C(F)(F)F)ccc1Cl)S(C)(=O)=O)C(C)C(=O)NC1CCCC1. The molecule has 7 nitrogen and oxygen atoms in total. The number of amides is 2. The van der Waals surface area contributed by atoms with E-state index in [-0.39, 0.29) is 23.5 Å². The van der Waals surface area contributed by atoms with Crippen LogP contribution in [0.25, 0.3) is 0 Å². The molecule has 38 heavy (non-hydrogen) atoms. The normalized spacial score (nSPS) is 15.2. The van der Waals surface area contributed by atoms with Gasteiger partial charge in [0.25, 0.3) is 0 Å². The smallest absolute Gasteiger partial charge is 0.352 e. The minimum Gasteiger partial charge on any atom is -0.352 e. The van der Waals surface area contributed by atoms with Crippen molar-refractivity contribution in [3.8, 4) is 0 Å². The van der Waals surface area contributed by atoms with E-state index in [1.165, 1.54) is 4.90 Å². The van der Waals surface area contributed by atoms with Crippen molar-refractivity contribution in [3.05, 3.63) is 64.2 Å². The number of nitrogens with one attached hydrogen (secondary N) is 1. The van der Waals surface area contributed by atoms with Crippen molar-refractivity contribution < 1.29 is 31.2 Å². The highest BCUT2D eigenvalue weighted by Crippen LogP contribution is 2.36. The molecule has 0 bridgehead atoms. The molecule has 0 aromatic heterocycles. The average Bonchev–Trinajstić information content (AvgIpc) is 3.33. The first kappa shape index (κ1) is 29.8. The van der Waals surface area contributed by atoms with Crippen molar-refractivity contribution in [1.82, 2.24) is 10.2 Å². The zero-order chi connectivity index (χ0) is 28.3. The Kier molecular flexibility index (Phi) is 9.35. The van der Waals surface area contributed by atoms with E-state index in [1.807, 2.05) is 19.1 Å². The van der Waals surface area contributed by atoms with E-state index in [0.29, 0.717) is 10.4 Å². The second-order valence-electron chi connectivity index (χ2n) is 9.55. The van der Waals surface area contributed by atoms with Crippen LogP contribution in [-0.2, 0) is 32.3 Å². The van der Waals surface area contributed by atoms with Gasteiger partial charge in [-0.25, -0.2) is 8.42 Å². The van der Waals surface area contributed by atoms with E-state index in [2.05, 4.69) is 5.32 Å². The number of carbonyl (C=O) groups excluding carboxylic acids is 2. The highest BCUT2D eigenvalue weighted by molar-refractivity contribution is 7.92. The molecule has 0 saturated heterocycles. The van der Waals surface area contributed by atoms with E-state index >= 15 is 0 Å². The summed E-state index contributed by atoms with van der Waals surface area (Å²) in [5, 5.41) is 2.68. The molecule has 2 aromatic carbocycles. The first-order valence-electron chi connectivity index (χ1n) is 12.2. The van der Waals surface area contributed by atoms with Crippen LogP contribution in [0.2, 0.25) is 5.02 Å². The molecule has 12 heteroatoms. The van der Waals surface area contributed by atoms with E-state index in [0.717, 1.165) is 55.2 Å². The molecule has 1 atom stereocenters. The largest absolute Gasteiger partial charge is 0.416 e. The maximum absolute atomic E-state index is 13.6. The van der Waals surface area contributed by atoms with Gasteiger partial charge >= 0.3 is 6.18 Å². The fourth-order valence-electron chi connectivity index (χ4n) is 4.42. The number of halogens is 4.